The Morgan fingerprint density at radius 2 is 1.61 bits per heavy atom. The van der Waals surface area contributed by atoms with Gasteiger partial charge in [-0.1, -0.05) is 13.8 Å². The summed E-state index contributed by atoms with van der Waals surface area (Å²) in [4.78, 5) is 21.0. The number of nitrogens with zero attached hydrogens (tertiary/aromatic N) is 5. The van der Waals surface area contributed by atoms with Crippen LogP contribution in [-0.4, -0.2) is 63.6 Å². The number of benzene rings is 2. The normalized spacial score (nSPS) is 13.5. The van der Waals surface area contributed by atoms with Crippen LogP contribution < -0.4 is 4.74 Å². The molecule has 1 aliphatic rings. The second-order valence-electron chi connectivity index (χ2n) is 9.38. The monoisotopic (exact) mass is 619 g/mol. The lowest BCUT2D eigenvalue weighted by Gasteiger charge is -2.34. The average Bonchev–Trinajstić information content (AvgIpc) is 3.43. The van der Waals surface area contributed by atoms with E-state index in [9.17, 15) is 31.1 Å². The Labute approximate surface area is 251 Å². The van der Waals surface area contributed by atoms with Gasteiger partial charge in [-0.05, 0) is 37.3 Å². The van der Waals surface area contributed by atoms with Gasteiger partial charge in [-0.25, -0.2) is 22.7 Å². The van der Waals surface area contributed by atoms with Gasteiger partial charge < -0.3 is 9.64 Å². The lowest BCUT2D eigenvalue weighted by molar-refractivity contribution is -0.143. The molecule has 0 spiro atoms. The van der Waals surface area contributed by atoms with Crippen LogP contribution in [0.3, 0.4) is 0 Å². The highest BCUT2D eigenvalue weighted by Gasteiger charge is 2.39. The van der Waals surface area contributed by atoms with Gasteiger partial charge in [0.15, 0.2) is 23.0 Å². The van der Waals surface area contributed by atoms with E-state index in [1.54, 1.807) is 29.2 Å². The number of hydrogen-bond acceptors (Lipinski definition) is 5. The fourth-order valence-corrected chi connectivity index (χ4v) is 4.83. The maximum absolute atomic E-state index is 14.2. The number of ether oxygens (including phenoxy) is 1. The fraction of sp³-hybridized carbons (Fsp3) is 0.323. The van der Waals surface area contributed by atoms with E-state index in [0.717, 1.165) is 12.3 Å². The first-order chi connectivity index (χ1) is 21.0. The van der Waals surface area contributed by atoms with Crippen molar-refractivity contribution < 1.29 is 35.9 Å². The quantitative estimate of drug-likeness (QED) is 0.147. The molecule has 1 fully saturated rings. The Morgan fingerprint density at radius 1 is 1.00 bits per heavy atom. The lowest BCUT2D eigenvalue weighted by Crippen LogP contribution is -2.48. The van der Waals surface area contributed by atoms with Gasteiger partial charge >= 0.3 is 6.18 Å². The number of carbonyl (C=O) groups excluding carboxylic acids is 1. The van der Waals surface area contributed by atoms with Crippen molar-refractivity contribution in [1.82, 2.24) is 24.4 Å². The molecule has 1 aliphatic heterocycles. The van der Waals surface area contributed by atoms with Crippen molar-refractivity contribution in [2.24, 2.45) is 0 Å². The van der Waals surface area contributed by atoms with Crippen LogP contribution >= 0.6 is 0 Å². The van der Waals surface area contributed by atoms with Gasteiger partial charge in [0.1, 0.15) is 17.1 Å². The van der Waals surface area contributed by atoms with E-state index < -0.39 is 35.2 Å². The maximum atomic E-state index is 14.2. The van der Waals surface area contributed by atoms with E-state index in [1.165, 1.54) is 18.9 Å². The van der Waals surface area contributed by atoms with Gasteiger partial charge in [0.25, 0.3) is 5.91 Å². The highest BCUT2D eigenvalue weighted by molar-refractivity contribution is 6.00. The fourth-order valence-electron chi connectivity index (χ4n) is 4.83. The molecule has 0 radical (unpaired) electrons. The molecule has 0 atom stereocenters. The Hall–Kier alpha value is -4.57. The maximum Gasteiger partial charge on any atom is 0.433 e. The van der Waals surface area contributed by atoms with Crippen molar-refractivity contribution in [3.8, 4) is 29.9 Å². The van der Waals surface area contributed by atoms with Gasteiger partial charge in [0, 0.05) is 55.5 Å². The summed E-state index contributed by atoms with van der Waals surface area (Å²) in [5, 5.41) is 3.86. The van der Waals surface area contributed by atoms with Crippen molar-refractivity contribution in [3.05, 3.63) is 82.4 Å². The number of methoxy groups -OCH3 is 1. The minimum atomic E-state index is -4.78. The van der Waals surface area contributed by atoms with Gasteiger partial charge in [0.2, 0.25) is 0 Å². The van der Waals surface area contributed by atoms with Gasteiger partial charge in [0.05, 0.1) is 19.0 Å². The van der Waals surface area contributed by atoms with Crippen molar-refractivity contribution >= 4 is 11.6 Å². The molecule has 1 amide bonds. The Balaban J connectivity index is 0.00000127. The van der Waals surface area contributed by atoms with Crippen molar-refractivity contribution in [2.45, 2.75) is 33.5 Å². The molecule has 0 bridgehead atoms. The van der Waals surface area contributed by atoms with E-state index >= 15 is 0 Å². The van der Waals surface area contributed by atoms with Gasteiger partial charge in [-0.3, -0.25) is 9.69 Å². The molecule has 7 nitrogen and oxygen atoms in total. The predicted octanol–water partition coefficient (Wildman–Crippen LogP) is 6.38. The van der Waals surface area contributed by atoms with E-state index in [0.29, 0.717) is 21.9 Å². The third-order valence-electron chi connectivity index (χ3n) is 6.87. The standard InChI is InChI=1S/C27H23F6N5O2.C2H6.C2H2/c1-15-23(16-3-5-19(40-2)6-4-16)35-25-20(13-34-38(25)24(15)27(31,32)33)26(39)37-9-7-36(8-10-37)14-17-11-18(28)12-21(29)22(17)30;2*1-2/h3-6,11-13H,7-10,14H2,1-2H3;1-2H3;1-2H. The number of rotatable bonds is 5. The Morgan fingerprint density at radius 3 is 2.18 bits per heavy atom. The molecular weight excluding hydrogens is 588 g/mol. The Kier molecular flexibility index (Phi) is 11.0. The summed E-state index contributed by atoms with van der Waals surface area (Å²) in [6, 6.07) is 7.73. The number of aromatic nitrogens is 3. The number of carbonyl (C=O) groups is 1. The van der Waals surface area contributed by atoms with Crippen LogP contribution in [0.1, 0.15) is 41.0 Å². The van der Waals surface area contributed by atoms with Crippen LogP contribution in [0, 0.1) is 37.2 Å². The minimum absolute atomic E-state index is 0.0474. The smallest absolute Gasteiger partial charge is 0.433 e. The molecule has 0 saturated carbocycles. The zero-order valence-corrected chi connectivity index (χ0v) is 24.6. The van der Waals surface area contributed by atoms with Gasteiger partial charge in [-0.2, -0.15) is 18.3 Å². The van der Waals surface area contributed by atoms with Crippen LogP contribution in [-0.2, 0) is 12.7 Å². The van der Waals surface area contributed by atoms with Crippen LogP contribution in [0.2, 0.25) is 0 Å². The molecular formula is C31H31F6N5O2. The summed E-state index contributed by atoms with van der Waals surface area (Å²) in [6.45, 7) is 6.03. The zero-order valence-electron chi connectivity index (χ0n) is 24.6. The average molecular weight is 620 g/mol. The Bertz CT molecular complexity index is 1630. The summed E-state index contributed by atoms with van der Waals surface area (Å²) >= 11 is 0. The minimum Gasteiger partial charge on any atom is -0.497 e. The van der Waals surface area contributed by atoms with Crippen LogP contribution in [0.25, 0.3) is 16.9 Å². The number of amides is 1. The first-order valence-corrected chi connectivity index (χ1v) is 13.6. The number of halogens is 6. The van der Waals surface area contributed by atoms with Crippen molar-refractivity contribution in [3.63, 3.8) is 0 Å². The number of terminal acetylenes is 1. The molecule has 13 heteroatoms. The zero-order chi connectivity index (χ0) is 32.8. The summed E-state index contributed by atoms with van der Waals surface area (Å²) in [5.41, 5.74) is -1.24. The van der Waals surface area contributed by atoms with Crippen LogP contribution in [0.4, 0.5) is 26.3 Å². The summed E-state index contributed by atoms with van der Waals surface area (Å²) < 4.78 is 89.5. The molecule has 0 unspecified atom stereocenters. The van der Waals surface area contributed by atoms with Crippen LogP contribution in [0.5, 0.6) is 5.75 Å². The molecule has 2 aromatic heterocycles. The first-order valence-electron chi connectivity index (χ1n) is 13.6. The molecule has 5 rings (SSSR count). The van der Waals surface area contributed by atoms with E-state index in [4.69, 9.17) is 4.74 Å². The number of fused-ring (bicyclic) bond motifs is 1. The number of hydrogen-bond donors (Lipinski definition) is 0. The second-order valence-corrected chi connectivity index (χ2v) is 9.38. The first kappa shape index (κ1) is 33.9. The molecule has 4 aromatic rings. The predicted molar refractivity (Wildman–Crippen MR) is 153 cm³/mol. The highest BCUT2D eigenvalue weighted by Crippen LogP contribution is 2.37. The molecule has 3 heterocycles. The molecule has 2 aromatic carbocycles. The summed E-state index contributed by atoms with van der Waals surface area (Å²) in [5.74, 6) is -3.37. The SMILES string of the molecule is C#C.CC.COc1ccc(-c2nc3c(C(=O)N4CCN(Cc5cc(F)cc(F)c5F)CC4)cnn3c(C(F)(F)F)c2C)cc1. The number of alkyl halides is 3. The molecule has 234 valence electrons. The third-order valence-corrected chi connectivity index (χ3v) is 6.87. The van der Waals surface area contributed by atoms with Crippen molar-refractivity contribution in [2.75, 3.05) is 33.3 Å². The van der Waals surface area contributed by atoms with E-state index in [1.807, 2.05) is 13.8 Å². The lowest BCUT2D eigenvalue weighted by atomic mass is 10.0. The third kappa shape index (κ3) is 6.97. The summed E-state index contributed by atoms with van der Waals surface area (Å²) in [7, 11) is 1.47. The van der Waals surface area contributed by atoms with Crippen molar-refractivity contribution in [1.29, 1.82) is 0 Å². The number of piperazine rings is 1. The van der Waals surface area contributed by atoms with E-state index in [2.05, 4.69) is 22.9 Å². The highest BCUT2D eigenvalue weighted by atomic mass is 19.4. The summed E-state index contributed by atoms with van der Waals surface area (Å²) in [6.07, 6.45) is 4.28. The van der Waals surface area contributed by atoms with Gasteiger partial charge in [-0.15, -0.1) is 12.8 Å². The molecule has 0 aliphatic carbocycles. The largest absolute Gasteiger partial charge is 0.497 e. The second kappa shape index (κ2) is 14.3. The topological polar surface area (TPSA) is 63.0 Å². The molecule has 1 saturated heterocycles. The van der Waals surface area contributed by atoms with Crippen LogP contribution in [0.15, 0.2) is 42.6 Å². The molecule has 0 N–H and O–H groups in total. The molecule has 44 heavy (non-hydrogen) atoms. The van der Waals surface area contributed by atoms with E-state index in [-0.39, 0.29) is 60.8 Å².